The molecule has 0 spiro atoms. The third kappa shape index (κ3) is 2.51. The van der Waals surface area contributed by atoms with Crippen molar-refractivity contribution >= 4 is 0 Å². The van der Waals surface area contributed by atoms with Crippen LogP contribution in [0.5, 0.6) is 0 Å². The third-order valence-electron chi connectivity index (χ3n) is 5.06. The van der Waals surface area contributed by atoms with E-state index >= 15 is 0 Å². The van der Waals surface area contributed by atoms with Crippen molar-refractivity contribution in [1.29, 1.82) is 0 Å². The van der Waals surface area contributed by atoms with Crippen molar-refractivity contribution in [3.05, 3.63) is 0 Å². The minimum Gasteiger partial charge on any atom is -0.317 e. The Morgan fingerprint density at radius 1 is 1.00 bits per heavy atom. The highest BCUT2D eigenvalue weighted by molar-refractivity contribution is 4.95. The van der Waals surface area contributed by atoms with Crippen molar-refractivity contribution in [3.8, 4) is 0 Å². The second kappa shape index (κ2) is 4.87. The van der Waals surface area contributed by atoms with Crippen LogP contribution in [0.3, 0.4) is 0 Å². The fraction of sp³-hybridized carbons (Fsp3) is 1.00. The lowest BCUT2D eigenvalue weighted by Crippen LogP contribution is -2.51. The normalized spacial score (nSPS) is 40.9. The summed E-state index contributed by atoms with van der Waals surface area (Å²) >= 11 is 0. The molecule has 1 saturated carbocycles. The van der Waals surface area contributed by atoms with Gasteiger partial charge in [0.15, 0.2) is 0 Å². The van der Waals surface area contributed by atoms with Crippen LogP contribution in [-0.4, -0.2) is 60.6 Å². The van der Waals surface area contributed by atoms with Crippen LogP contribution in [0, 0.1) is 0 Å². The Morgan fingerprint density at radius 2 is 1.82 bits per heavy atom. The molecule has 98 valence electrons. The van der Waals surface area contributed by atoms with E-state index in [-0.39, 0.29) is 0 Å². The molecule has 3 unspecified atom stereocenters. The topological polar surface area (TPSA) is 18.5 Å². The van der Waals surface area contributed by atoms with Gasteiger partial charge in [-0.3, -0.25) is 9.80 Å². The maximum absolute atomic E-state index is 3.45. The van der Waals surface area contributed by atoms with Gasteiger partial charge in [0.25, 0.3) is 0 Å². The van der Waals surface area contributed by atoms with Gasteiger partial charge in [0.05, 0.1) is 0 Å². The maximum atomic E-state index is 3.45. The van der Waals surface area contributed by atoms with Crippen LogP contribution < -0.4 is 5.32 Å². The molecule has 3 fully saturated rings. The summed E-state index contributed by atoms with van der Waals surface area (Å²) in [6.07, 6.45) is 7.00. The molecule has 1 N–H and O–H groups in total. The number of likely N-dealkylation sites (tertiary alicyclic amines) is 2. The first-order valence-corrected chi connectivity index (χ1v) is 7.45. The van der Waals surface area contributed by atoms with E-state index in [9.17, 15) is 0 Å². The molecule has 1 aliphatic carbocycles. The number of hydrogen-bond donors (Lipinski definition) is 1. The van der Waals surface area contributed by atoms with Gasteiger partial charge in [0, 0.05) is 43.8 Å². The van der Waals surface area contributed by atoms with Gasteiger partial charge in [0.2, 0.25) is 0 Å². The average Bonchev–Trinajstić information content (AvgIpc) is 3.08. The Hall–Kier alpha value is -0.120. The van der Waals surface area contributed by atoms with Gasteiger partial charge >= 0.3 is 0 Å². The molecule has 0 radical (unpaired) electrons. The van der Waals surface area contributed by atoms with Gasteiger partial charge in [-0.05, 0) is 46.1 Å². The predicted molar refractivity (Wildman–Crippen MR) is 71.2 cm³/mol. The molecule has 0 aromatic rings. The van der Waals surface area contributed by atoms with E-state index in [1.807, 2.05) is 0 Å². The van der Waals surface area contributed by atoms with E-state index in [0.29, 0.717) is 0 Å². The zero-order valence-corrected chi connectivity index (χ0v) is 11.4. The van der Waals surface area contributed by atoms with Crippen LogP contribution in [0.25, 0.3) is 0 Å². The first-order valence-electron chi connectivity index (χ1n) is 7.45. The SMILES string of the molecule is CNC1CCN(C2CCN(C3CC3)C2)C(C)C1. The fourth-order valence-corrected chi connectivity index (χ4v) is 3.81. The summed E-state index contributed by atoms with van der Waals surface area (Å²) in [5.41, 5.74) is 0. The van der Waals surface area contributed by atoms with Crippen LogP contribution in [0.15, 0.2) is 0 Å². The molecule has 2 saturated heterocycles. The number of nitrogens with zero attached hydrogens (tertiary/aromatic N) is 2. The first kappa shape index (κ1) is 11.9. The number of nitrogens with one attached hydrogen (secondary N) is 1. The summed E-state index contributed by atoms with van der Waals surface area (Å²) in [7, 11) is 2.11. The summed E-state index contributed by atoms with van der Waals surface area (Å²) in [6.45, 7) is 6.42. The highest BCUT2D eigenvalue weighted by atomic mass is 15.3. The second-order valence-corrected chi connectivity index (χ2v) is 6.27. The zero-order chi connectivity index (χ0) is 11.8. The fourth-order valence-electron chi connectivity index (χ4n) is 3.81. The Labute approximate surface area is 106 Å². The number of rotatable bonds is 3. The van der Waals surface area contributed by atoms with Crippen molar-refractivity contribution in [3.63, 3.8) is 0 Å². The second-order valence-electron chi connectivity index (χ2n) is 6.27. The number of piperidine rings is 1. The molecule has 17 heavy (non-hydrogen) atoms. The third-order valence-corrected chi connectivity index (χ3v) is 5.06. The Balaban J connectivity index is 1.54. The highest BCUT2D eigenvalue weighted by Gasteiger charge is 2.38. The van der Waals surface area contributed by atoms with Crippen molar-refractivity contribution in [2.75, 3.05) is 26.7 Å². The van der Waals surface area contributed by atoms with E-state index < -0.39 is 0 Å². The van der Waals surface area contributed by atoms with Crippen molar-refractivity contribution in [2.24, 2.45) is 0 Å². The van der Waals surface area contributed by atoms with Crippen molar-refractivity contribution in [1.82, 2.24) is 15.1 Å². The lowest BCUT2D eigenvalue weighted by Gasteiger charge is -2.41. The molecular formula is C14H27N3. The summed E-state index contributed by atoms with van der Waals surface area (Å²) in [4.78, 5) is 5.53. The molecule has 0 bridgehead atoms. The van der Waals surface area contributed by atoms with Crippen LogP contribution in [0.4, 0.5) is 0 Å². The molecule has 2 heterocycles. The Morgan fingerprint density at radius 3 is 2.47 bits per heavy atom. The van der Waals surface area contributed by atoms with E-state index in [4.69, 9.17) is 0 Å². The van der Waals surface area contributed by atoms with E-state index in [0.717, 1.165) is 24.2 Å². The molecule has 0 amide bonds. The molecule has 0 aromatic carbocycles. The van der Waals surface area contributed by atoms with E-state index in [1.165, 1.54) is 51.7 Å². The molecule has 3 heteroatoms. The monoisotopic (exact) mass is 237 g/mol. The van der Waals surface area contributed by atoms with Gasteiger partial charge < -0.3 is 5.32 Å². The van der Waals surface area contributed by atoms with Crippen molar-refractivity contribution in [2.45, 2.75) is 63.2 Å². The highest BCUT2D eigenvalue weighted by Crippen LogP contribution is 2.32. The lowest BCUT2D eigenvalue weighted by molar-refractivity contribution is 0.0913. The van der Waals surface area contributed by atoms with E-state index in [2.05, 4.69) is 29.1 Å². The molecule has 0 aromatic heterocycles. The Bertz CT molecular complexity index is 264. The average molecular weight is 237 g/mol. The largest absolute Gasteiger partial charge is 0.317 e. The molecule has 3 nitrogen and oxygen atoms in total. The lowest BCUT2D eigenvalue weighted by atomic mass is 9.96. The van der Waals surface area contributed by atoms with Crippen LogP contribution in [0.1, 0.15) is 39.0 Å². The van der Waals surface area contributed by atoms with Gasteiger partial charge in [-0.1, -0.05) is 0 Å². The van der Waals surface area contributed by atoms with Crippen LogP contribution in [-0.2, 0) is 0 Å². The minimum atomic E-state index is 0.752. The summed E-state index contributed by atoms with van der Waals surface area (Å²) in [6, 6.07) is 3.33. The van der Waals surface area contributed by atoms with Crippen LogP contribution in [0.2, 0.25) is 0 Å². The summed E-state index contributed by atoms with van der Waals surface area (Å²) < 4.78 is 0. The maximum Gasteiger partial charge on any atom is 0.0238 e. The van der Waals surface area contributed by atoms with Gasteiger partial charge in [0.1, 0.15) is 0 Å². The number of hydrogen-bond acceptors (Lipinski definition) is 3. The molecular weight excluding hydrogens is 210 g/mol. The van der Waals surface area contributed by atoms with Crippen molar-refractivity contribution < 1.29 is 0 Å². The van der Waals surface area contributed by atoms with Crippen LogP contribution >= 0.6 is 0 Å². The summed E-state index contributed by atoms with van der Waals surface area (Å²) in [5, 5.41) is 3.45. The minimum absolute atomic E-state index is 0.752. The zero-order valence-electron chi connectivity index (χ0n) is 11.4. The van der Waals surface area contributed by atoms with E-state index in [1.54, 1.807) is 0 Å². The standard InChI is InChI=1S/C14H27N3/c1-11-9-12(15-2)5-8-17(11)14-6-7-16(10-14)13-3-4-13/h11-15H,3-10H2,1-2H3. The Kier molecular flexibility index (Phi) is 3.42. The summed E-state index contributed by atoms with van der Waals surface area (Å²) in [5.74, 6) is 0. The molecule has 3 rings (SSSR count). The quantitative estimate of drug-likeness (QED) is 0.798. The first-order chi connectivity index (χ1) is 8.28. The van der Waals surface area contributed by atoms with Gasteiger partial charge in [-0.2, -0.15) is 0 Å². The molecule has 3 atom stereocenters. The van der Waals surface area contributed by atoms with Gasteiger partial charge in [-0.15, -0.1) is 0 Å². The molecule has 3 aliphatic rings. The van der Waals surface area contributed by atoms with Gasteiger partial charge in [-0.25, -0.2) is 0 Å². The smallest absolute Gasteiger partial charge is 0.0238 e. The predicted octanol–water partition coefficient (Wildman–Crippen LogP) is 1.30. The molecule has 2 aliphatic heterocycles.